The number of likely N-dealkylation sites (tertiary alicyclic amines) is 1. The first-order chi connectivity index (χ1) is 8.09. The minimum Gasteiger partial charge on any atom is -0.313 e. The molecule has 2 fully saturated rings. The number of imide groups is 1. The number of hydrogen-bond acceptors (Lipinski definition) is 5. The number of carbonyl (C=O) groups is 2. The summed E-state index contributed by atoms with van der Waals surface area (Å²) in [6.45, 7) is 7.49. The fourth-order valence-electron chi connectivity index (χ4n) is 3.10. The van der Waals surface area contributed by atoms with Crippen molar-refractivity contribution in [1.82, 2.24) is 9.96 Å². The van der Waals surface area contributed by atoms with Gasteiger partial charge in [-0.3, -0.25) is 14.5 Å². The molecular formula is C12H20N2O3S. The lowest BCUT2D eigenvalue weighted by Crippen LogP contribution is -2.54. The molecule has 0 aliphatic carbocycles. The van der Waals surface area contributed by atoms with E-state index in [-0.39, 0.29) is 24.3 Å². The van der Waals surface area contributed by atoms with Crippen molar-refractivity contribution < 1.29 is 14.8 Å². The van der Waals surface area contributed by atoms with Crippen LogP contribution in [0.1, 0.15) is 40.5 Å². The molecule has 0 unspecified atom stereocenters. The average Bonchev–Trinajstić information content (AvgIpc) is 2.56. The highest BCUT2D eigenvalue weighted by molar-refractivity contribution is 7.81. The van der Waals surface area contributed by atoms with E-state index in [0.717, 1.165) is 0 Å². The third-order valence-electron chi connectivity index (χ3n) is 4.10. The molecule has 6 heteroatoms. The minimum absolute atomic E-state index is 0.153. The van der Waals surface area contributed by atoms with Crippen LogP contribution in [0.4, 0.5) is 0 Å². The highest BCUT2D eigenvalue weighted by Crippen LogP contribution is 2.43. The van der Waals surface area contributed by atoms with Gasteiger partial charge in [0, 0.05) is 12.0 Å². The van der Waals surface area contributed by atoms with E-state index < -0.39 is 16.3 Å². The molecule has 2 atom stereocenters. The molecule has 2 aliphatic heterocycles. The Bertz CT molecular complexity index is 408. The Hall–Kier alpha value is -0.590. The van der Waals surface area contributed by atoms with Crippen LogP contribution in [0.15, 0.2) is 0 Å². The van der Waals surface area contributed by atoms with Crippen LogP contribution < -0.4 is 0 Å². The minimum atomic E-state index is -0.646. The number of carbonyl (C=O) groups excluding carboxylic acids is 2. The lowest BCUT2D eigenvalue weighted by atomic mass is 9.93. The van der Waals surface area contributed by atoms with Crippen LogP contribution in [-0.4, -0.2) is 49.4 Å². The molecular weight excluding hydrogens is 252 g/mol. The quantitative estimate of drug-likeness (QED) is 0.553. The number of amides is 2. The zero-order valence-corrected chi connectivity index (χ0v) is 12.1. The maximum absolute atomic E-state index is 12.0. The average molecular weight is 272 g/mol. The van der Waals surface area contributed by atoms with Crippen LogP contribution in [-0.2, 0) is 9.59 Å². The molecule has 2 aliphatic rings. The molecule has 0 aromatic heterocycles. The van der Waals surface area contributed by atoms with Crippen molar-refractivity contribution in [2.24, 2.45) is 0 Å². The highest BCUT2D eigenvalue weighted by Gasteiger charge is 2.57. The van der Waals surface area contributed by atoms with Gasteiger partial charge in [-0.1, -0.05) is 0 Å². The summed E-state index contributed by atoms with van der Waals surface area (Å²) in [6, 6.07) is -0.311. The van der Waals surface area contributed by atoms with E-state index in [0.29, 0.717) is 6.42 Å². The predicted octanol–water partition coefficient (Wildman–Crippen LogP) is 1.06. The summed E-state index contributed by atoms with van der Waals surface area (Å²) in [4.78, 5) is 25.3. The maximum atomic E-state index is 12.0. The standard InChI is InChI=1S/C12H20N2O3S/c1-11(2)6-8(12(3,4)14(11)17)13-9(15)5-7(18)10(13)16/h7-8,17-18H,5-6H2,1-4H3/t7-,8+/m0/s1. The second kappa shape index (κ2) is 3.95. The van der Waals surface area contributed by atoms with Crippen LogP contribution >= 0.6 is 12.6 Å². The SMILES string of the molecule is CC1(C)C[C@@H](N2C(=O)C[C@H](S)C2=O)C(C)(C)N1O. The van der Waals surface area contributed by atoms with Crippen molar-refractivity contribution in [3.8, 4) is 0 Å². The Balaban J connectivity index is 2.35. The summed E-state index contributed by atoms with van der Waals surface area (Å²) in [7, 11) is 0. The Morgan fingerprint density at radius 3 is 2.17 bits per heavy atom. The van der Waals surface area contributed by atoms with E-state index in [2.05, 4.69) is 12.6 Å². The van der Waals surface area contributed by atoms with Gasteiger partial charge in [0.05, 0.1) is 16.8 Å². The van der Waals surface area contributed by atoms with Crippen LogP contribution in [0, 0.1) is 0 Å². The topological polar surface area (TPSA) is 60.9 Å². The normalized spacial score (nSPS) is 35.6. The molecule has 2 saturated heterocycles. The fourth-order valence-corrected chi connectivity index (χ4v) is 3.38. The zero-order chi connectivity index (χ0) is 13.9. The molecule has 0 bridgehead atoms. The summed E-state index contributed by atoms with van der Waals surface area (Å²) in [6.07, 6.45) is 0.717. The molecule has 2 heterocycles. The van der Waals surface area contributed by atoms with Gasteiger partial charge in [-0.15, -0.1) is 0 Å². The summed E-state index contributed by atoms with van der Waals surface area (Å²) in [5.74, 6) is -0.434. The molecule has 0 radical (unpaired) electrons. The zero-order valence-electron chi connectivity index (χ0n) is 11.2. The number of hydroxylamine groups is 2. The van der Waals surface area contributed by atoms with Gasteiger partial charge in [-0.25, -0.2) is 0 Å². The lowest BCUT2D eigenvalue weighted by Gasteiger charge is -2.37. The van der Waals surface area contributed by atoms with Crippen LogP contribution in [0.3, 0.4) is 0 Å². The molecule has 102 valence electrons. The molecule has 0 aromatic rings. The molecule has 0 spiro atoms. The van der Waals surface area contributed by atoms with Gasteiger partial charge in [-0.2, -0.15) is 17.7 Å². The van der Waals surface area contributed by atoms with Gasteiger partial charge in [-0.05, 0) is 34.1 Å². The second-order valence-electron chi connectivity index (χ2n) is 6.32. The second-order valence-corrected chi connectivity index (χ2v) is 6.94. The molecule has 18 heavy (non-hydrogen) atoms. The van der Waals surface area contributed by atoms with Gasteiger partial charge >= 0.3 is 0 Å². The van der Waals surface area contributed by atoms with Crippen molar-refractivity contribution in [1.29, 1.82) is 0 Å². The number of rotatable bonds is 1. The van der Waals surface area contributed by atoms with Crippen molar-refractivity contribution in [2.45, 2.75) is 62.9 Å². The molecule has 5 nitrogen and oxygen atoms in total. The fraction of sp³-hybridized carbons (Fsp3) is 0.833. The third-order valence-corrected chi connectivity index (χ3v) is 4.50. The predicted molar refractivity (Wildman–Crippen MR) is 69.4 cm³/mol. The van der Waals surface area contributed by atoms with Gasteiger partial charge in [0.2, 0.25) is 11.8 Å². The van der Waals surface area contributed by atoms with Gasteiger partial charge < -0.3 is 5.21 Å². The van der Waals surface area contributed by atoms with Gasteiger partial charge in [0.1, 0.15) is 0 Å². The Labute approximate surface area is 112 Å². The number of nitrogens with zero attached hydrogens (tertiary/aromatic N) is 2. The van der Waals surface area contributed by atoms with Crippen molar-refractivity contribution in [3.63, 3.8) is 0 Å². The molecule has 2 rings (SSSR count). The summed E-state index contributed by atoms with van der Waals surface area (Å²) < 4.78 is 0. The Kier molecular flexibility index (Phi) is 3.04. The molecule has 0 saturated carbocycles. The van der Waals surface area contributed by atoms with Crippen molar-refractivity contribution >= 4 is 24.4 Å². The van der Waals surface area contributed by atoms with Gasteiger partial charge in [0.25, 0.3) is 0 Å². The van der Waals surface area contributed by atoms with E-state index in [1.807, 2.05) is 27.7 Å². The Morgan fingerprint density at radius 1 is 1.28 bits per heavy atom. The smallest absolute Gasteiger partial charge is 0.242 e. The van der Waals surface area contributed by atoms with E-state index >= 15 is 0 Å². The van der Waals surface area contributed by atoms with E-state index in [4.69, 9.17) is 0 Å². The van der Waals surface area contributed by atoms with E-state index in [1.54, 1.807) is 0 Å². The Morgan fingerprint density at radius 2 is 1.83 bits per heavy atom. The first-order valence-corrected chi connectivity index (χ1v) is 6.64. The lowest BCUT2D eigenvalue weighted by molar-refractivity contribution is -0.198. The van der Waals surface area contributed by atoms with E-state index in [1.165, 1.54) is 9.96 Å². The number of thiol groups is 1. The largest absolute Gasteiger partial charge is 0.313 e. The third kappa shape index (κ3) is 1.78. The maximum Gasteiger partial charge on any atom is 0.242 e. The first kappa shape index (κ1) is 13.8. The monoisotopic (exact) mass is 272 g/mol. The number of hydrogen-bond donors (Lipinski definition) is 2. The first-order valence-electron chi connectivity index (χ1n) is 6.12. The molecule has 1 N–H and O–H groups in total. The van der Waals surface area contributed by atoms with Crippen molar-refractivity contribution in [2.75, 3.05) is 0 Å². The van der Waals surface area contributed by atoms with Crippen LogP contribution in [0.25, 0.3) is 0 Å². The summed E-state index contributed by atoms with van der Waals surface area (Å²) in [5, 5.41) is 10.9. The summed E-state index contributed by atoms with van der Waals surface area (Å²) >= 11 is 4.13. The summed E-state index contributed by atoms with van der Waals surface area (Å²) in [5.41, 5.74) is -1.10. The van der Waals surface area contributed by atoms with Crippen LogP contribution in [0.2, 0.25) is 0 Å². The highest BCUT2D eigenvalue weighted by atomic mass is 32.1. The molecule has 2 amide bonds. The van der Waals surface area contributed by atoms with E-state index in [9.17, 15) is 14.8 Å². The van der Waals surface area contributed by atoms with Crippen molar-refractivity contribution in [3.05, 3.63) is 0 Å². The molecule has 0 aromatic carbocycles. The van der Waals surface area contributed by atoms with Gasteiger partial charge in [0.15, 0.2) is 0 Å². The van der Waals surface area contributed by atoms with Crippen LogP contribution in [0.5, 0.6) is 0 Å².